The molecule has 2 rings (SSSR count). The van der Waals surface area contributed by atoms with Crippen LogP contribution in [0.3, 0.4) is 0 Å². The summed E-state index contributed by atoms with van der Waals surface area (Å²) in [5, 5.41) is 9.62. The predicted molar refractivity (Wildman–Crippen MR) is 71.3 cm³/mol. The fourth-order valence-electron chi connectivity index (χ4n) is 2.97. The maximum Gasteiger partial charge on any atom is 0.228 e. The minimum Gasteiger partial charge on any atom is -0.391 e. The van der Waals surface area contributed by atoms with E-state index >= 15 is 0 Å². The van der Waals surface area contributed by atoms with Gasteiger partial charge in [0, 0.05) is 32.6 Å². The molecule has 2 amide bonds. The van der Waals surface area contributed by atoms with E-state index in [1.54, 1.807) is 9.80 Å². The average molecular weight is 268 g/mol. The lowest BCUT2D eigenvalue weighted by atomic mass is 10.0. The molecule has 2 aliphatic rings. The van der Waals surface area contributed by atoms with Crippen molar-refractivity contribution in [3.05, 3.63) is 0 Å². The van der Waals surface area contributed by atoms with Gasteiger partial charge in [0.1, 0.15) is 0 Å². The number of piperidine rings is 1. The summed E-state index contributed by atoms with van der Waals surface area (Å²) < 4.78 is 0. The van der Waals surface area contributed by atoms with Crippen LogP contribution in [0.2, 0.25) is 0 Å². The van der Waals surface area contributed by atoms with Crippen LogP contribution in [0.25, 0.3) is 0 Å². The molecule has 2 heterocycles. The Morgan fingerprint density at radius 1 is 1.42 bits per heavy atom. The first-order valence-electron chi connectivity index (χ1n) is 7.22. The van der Waals surface area contributed by atoms with Crippen molar-refractivity contribution < 1.29 is 14.7 Å². The van der Waals surface area contributed by atoms with E-state index in [0.717, 1.165) is 19.4 Å². The van der Waals surface area contributed by atoms with E-state index in [1.165, 1.54) is 0 Å². The quantitative estimate of drug-likeness (QED) is 0.809. The first-order valence-corrected chi connectivity index (χ1v) is 7.22. The van der Waals surface area contributed by atoms with Gasteiger partial charge in [-0.1, -0.05) is 13.8 Å². The van der Waals surface area contributed by atoms with E-state index in [2.05, 4.69) is 13.8 Å². The number of carbonyl (C=O) groups is 2. The molecule has 5 nitrogen and oxygen atoms in total. The normalized spacial score (nSPS) is 28.3. The molecule has 5 heteroatoms. The highest BCUT2D eigenvalue weighted by atomic mass is 16.3. The van der Waals surface area contributed by atoms with Crippen LogP contribution < -0.4 is 0 Å². The summed E-state index contributed by atoms with van der Waals surface area (Å²) in [5.74, 6) is 0.342. The summed E-state index contributed by atoms with van der Waals surface area (Å²) in [6, 6.07) is 0. The van der Waals surface area contributed by atoms with E-state index in [1.807, 2.05) is 0 Å². The Labute approximate surface area is 114 Å². The van der Waals surface area contributed by atoms with Crippen molar-refractivity contribution in [3.8, 4) is 0 Å². The Morgan fingerprint density at radius 3 is 2.79 bits per heavy atom. The Morgan fingerprint density at radius 2 is 2.16 bits per heavy atom. The Balaban J connectivity index is 1.92. The highest BCUT2D eigenvalue weighted by Crippen LogP contribution is 2.23. The molecule has 0 aromatic rings. The Kier molecular flexibility index (Phi) is 4.45. The molecule has 0 saturated carbocycles. The number of likely N-dealkylation sites (tertiary alicyclic amines) is 2. The number of amides is 2. The number of nitrogens with zero attached hydrogens (tertiary/aromatic N) is 2. The summed E-state index contributed by atoms with van der Waals surface area (Å²) in [5.41, 5.74) is 0. The SMILES string of the molecule is CC(C)CN1CC(C(=O)N2CCCC(O)C2)CC1=O. The minimum atomic E-state index is -0.401. The van der Waals surface area contributed by atoms with Gasteiger partial charge in [0.25, 0.3) is 0 Å². The lowest BCUT2D eigenvalue weighted by molar-refractivity contribution is -0.138. The van der Waals surface area contributed by atoms with Gasteiger partial charge in [-0.05, 0) is 18.8 Å². The number of carbonyl (C=O) groups excluding carboxylic acids is 2. The molecule has 0 aliphatic carbocycles. The molecule has 108 valence electrons. The van der Waals surface area contributed by atoms with Crippen molar-refractivity contribution in [2.75, 3.05) is 26.2 Å². The molecule has 0 spiro atoms. The van der Waals surface area contributed by atoms with Crippen molar-refractivity contribution in [3.63, 3.8) is 0 Å². The summed E-state index contributed by atoms with van der Waals surface area (Å²) in [6.07, 6.45) is 1.55. The summed E-state index contributed by atoms with van der Waals surface area (Å²) >= 11 is 0. The van der Waals surface area contributed by atoms with Gasteiger partial charge < -0.3 is 14.9 Å². The highest BCUT2D eigenvalue weighted by Gasteiger charge is 2.37. The molecule has 0 aromatic heterocycles. The maximum atomic E-state index is 12.4. The number of β-amino-alcohol motifs (C(OH)–C–C–N with tert-alkyl or cyclic N) is 1. The van der Waals surface area contributed by atoms with Gasteiger partial charge in [-0.3, -0.25) is 9.59 Å². The van der Waals surface area contributed by atoms with Crippen molar-refractivity contribution >= 4 is 11.8 Å². The van der Waals surface area contributed by atoms with E-state index in [9.17, 15) is 14.7 Å². The van der Waals surface area contributed by atoms with Crippen LogP contribution in [0.5, 0.6) is 0 Å². The fraction of sp³-hybridized carbons (Fsp3) is 0.857. The number of hydrogen-bond donors (Lipinski definition) is 1. The Bertz CT molecular complexity index is 357. The molecule has 1 N–H and O–H groups in total. The molecule has 0 radical (unpaired) electrons. The summed E-state index contributed by atoms with van der Waals surface area (Å²) in [7, 11) is 0. The first kappa shape index (κ1) is 14.3. The average Bonchev–Trinajstić information content (AvgIpc) is 2.69. The molecular weight excluding hydrogens is 244 g/mol. The Hall–Kier alpha value is -1.10. The first-order chi connectivity index (χ1) is 8.97. The van der Waals surface area contributed by atoms with Gasteiger partial charge in [-0.25, -0.2) is 0 Å². The van der Waals surface area contributed by atoms with Gasteiger partial charge >= 0.3 is 0 Å². The molecule has 0 bridgehead atoms. The maximum absolute atomic E-state index is 12.4. The summed E-state index contributed by atoms with van der Waals surface area (Å²) in [4.78, 5) is 27.8. The second kappa shape index (κ2) is 5.90. The molecule has 2 unspecified atom stereocenters. The van der Waals surface area contributed by atoms with Crippen LogP contribution in [0, 0.1) is 11.8 Å². The van der Waals surface area contributed by atoms with Gasteiger partial charge in [0.05, 0.1) is 12.0 Å². The molecule has 2 atom stereocenters. The topological polar surface area (TPSA) is 60.9 Å². The standard InChI is InChI=1S/C14H24N2O3/c1-10(2)7-16-8-11(6-13(16)18)14(19)15-5-3-4-12(17)9-15/h10-12,17H,3-9H2,1-2H3. The lowest BCUT2D eigenvalue weighted by Gasteiger charge is -2.32. The zero-order valence-electron chi connectivity index (χ0n) is 11.8. The third kappa shape index (κ3) is 3.47. The lowest BCUT2D eigenvalue weighted by Crippen LogP contribution is -2.45. The van der Waals surface area contributed by atoms with Crippen LogP contribution >= 0.6 is 0 Å². The van der Waals surface area contributed by atoms with E-state index in [-0.39, 0.29) is 17.7 Å². The van der Waals surface area contributed by atoms with E-state index in [0.29, 0.717) is 32.0 Å². The predicted octanol–water partition coefficient (Wildman–Crippen LogP) is 0.474. The second-order valence-corrected chi connectivity index (χ2v) is 6.17. The molecule has 2 fully saturated rings. The van der Waals surface area contributed by atoms with E-state index < -0.39 is 6.10 Å². The summed E-state index contributed by atoms with van der Waals surface area (Å²) in [6.45, 7) is 6.55. The van der Waals surface area contributed by atoms with Gasteiger partial charge in [-0.2, -0.15) is 0 Å². The minimum absolute atomic E-state index is 0.0401. The number of aliphatic hydroxyl groups is 1. The monoisotopic (exact) mass is 268 g/mol. The molecule has 0 aromatic carbocycles. The third-order valence-corrected chi connectivity index (χ3v) is 3.86. The zero-order valence-corrected chi connectivity index (χ0v) is 11.8. The van der Waals surface area contributed by atoms with Crippen molar-refractivity contribution in [2.45, 2.75) is 39.2 Å². The van der Waals surface area contributed by atoms with Crippen LogP contribution in [0.15, 0.2) is 0 Å². The molecule has 2 saturated heterocycles. The largest absolute Gasteiger partial charge is 0.391 e. The molecular formula is C14H24N2O3. The van der Waals surface area contributed by atoms with Crippen LogP contribution in [0.4, 0.5) is 0 Å². The van der Waals surface area contributed by atoms with Crippen molar-refractivity contribution in [1.82, 2.24) is 9.80 Å². The zero-order chi connectivity index (χ0) is 14.0. The number of rotatable bonds is 3. The van der Waals surface area contributed by atoms with Crippen molar-refractivity contribution in [1.29, 1.82) is 0 Å². The van der Waals surface area contributed by atoms with E-state index in [4.69, 9.17) is 0 Å². The van der Waals surface area contributed by atoms with Gasteiger partial charge in [-0.15, -0.1) is 0 Å². The van der Waals surface area contributed by atoms with Gasteiger partial charge in [0.2, 0.25) is 11.8 Å². The molecule has 2 aliphatic heterocycles. The smallest absolute Gasteiger partial charge is 0.228 e. The molecule has 19 heavy (non-hydrogen) atoms. The van der Waals surface area contributed by atoms with Crippen molar-refractivity contribution in [2.24, 2.45) is 11.8 Å². The van der Waals surface area contributed by atoms with Crippen LogP contribution in [-0.4, -0.2) is 59.0 Å². The number of hydrogen-bond acceptors (Lipinski definition) is 3. The fourth-order valence-corrected chi connectivity index (χ4v) is 2.97. The van der Waals surface area contributed by atoms with Crippen LogP contribution in [-0.2, 0) is 9.59 Å². The van der Waals surface area contributed by atoms with Crippen LogP contribution in [0.1, 0.15) is 33.1 Å². The second-order valence-electron chi connectivity index (χ2n) is 6.17. The number of aliphatic hydroxyl groups excluding tert-OH is 1. The van der Waals surface area contributed by atoms with Gasteiger partial charge in [0.15, 0.2) is 0 Å². The highest BCUT2D eigenvalue weighted by molar-refractivity contribution is 5.89. The third-order valence-electron chi connectivity index (χ3n) is 3.86.